The minimum Gasteiger partial charge on any atom is -0.478 e. The molecular formula is C23H20ClF2N5O2. The Kier molecular flexibility index (Phi) is 6.04. The van der Waals surface area contributed by atoms with Gasteiger partial charge >= 0.3 is 5.97 Å². The fourth-order valence-electron chi connectivity index (χ4n) is 3.92. The van der Waals surface area contributed by atoms with E-state index in [1.165, 1.54) is 6.07 Å². The van der Waals surface area contributed by atoms with Crippen LogP contribution < -0.4 is 10.2 Å². The lowest BCUT2D eigenvalue weighted by Gasteiger charge is -2.33. The SMILES string of the molecule is C[C@@H](Nc1ccccc1C(=O)O)c1cc(Cl)cc2nc(C#N)c(N3CCC(F)(F)CC3)nc12. The summed E-state index contributed by atoms with van der Waals surface area (Å²) >= 11 is 6.30. The van der Waals surface area contributed by atoms with Crippen LogP contribution in [0, 0.1) is 11.3 Å². The molecule has 0 unspecified atom stereocenters. The van der Waals surface area contributed by atoms with Crippen molar-refractivity contribution < 1.29 is 18.7 Å². The molecule has 1 aliphatic heterocycles. The maximum atomic E-state index is 13.6. The number of hydrogen-bond donors (Lipinski definition) is 2. The van der Waals surface area contributed by atoms with E-state index in [1.54, 1.807) is 35.2 Å². The number of nitrogens with zero attached hydrogens (tertiary/aromatic N) is 4. The van der Waals surface area contributed by atoms with Gasteiger partial charge in [0.1, 0.15) is 6.07 Å². The number of benzene rings is 2. The molecule has 1 aliphatic rings. The number of carboxylic acids is 1. The highest BCUT2D eigenvalue weighted by atomic mass is 35.5. The number of fused-ring (bicyclic) bond motifs is 1. The Morgan fingerprint density at radius 2 is 1.97 bits per heavy atom. The number of para-hydroxylation sites is 1. The van der Waals surface area contributed by atoms with E-state index in [0.717, 1.165) is 0 Å². The maximum Gasteiger partial charge on any atom is 0.337 e. The van der Waals surface area contributed by atoms with Crippen molar-refractivity contribution in [3.63, 3.8) is 0 Å². The molecule has 3 aromatic rings. The van der Waals surface area contributed by atoms with Crippen LogP contribution in [0.15, 0.2) is 36.4 Å². The number of carbonyl (C=O) groups is 1. The van der Waals surface area contributed by atoms with Crippen LogP contribution >= 0.6 is 11.6 Å². The number of halogens is 3. The second-order valence-electron chi connectivity index (χ2n) is 7.93. The molecule has 0 amide bonds. The van der Waals surface area contributed by atoms with Gasteiger partial charge in [-0.05, 0) is 31.2 Å². The molecule has 0 saturated carbocycles. The Morgan fingerprint density at radius 3 is 2.64 bits per heavy atom. The van der Waals surface area contributed by atoms with Gasteiger partial charge in [0, 0.05) is 42.2 Å². The van der Waals surface area contributed by atoms with E-state index in [4.69, 9.17) is 11.6 Å². The van der Waals surface area contributed by atoms with Gasteiger partial charge in [0.2, 0.25) is 0 Å². The molecule has 170 valence electrons. The van der Waals surface area contributed by atoms with E-state index in [1.807, 2.05) is 13.0 Å². The first kappa shape index (κ1) is 22.7. The van der Waals surface area contributed by atoms with Crippen molar-refractivity contribution in [2.45, 2.75) is 31.7 Å². The molecular weight excluding hydrogens is 452 g/mol. The third-order valence-electron chi connectivity index (χ3n) is 5.64. The quantitative estimate of drug-likeness (QED) is 0.523. The van der Waals surface area contributed by atoms with Crippen molar-refractivity contribution in [3.05, 3.63) is 58.2 Å². The largest absolute Gasteiger partial charge is 0.478 e. The van der Waals surface area contributed by atoms with Gasteiger partial charge in [-0.25, -0.2) is 23.5 Å². The average molecular weight is 472 g/mol. The number of piperidine rings is 1. The first-order valence-electron chi connectivity index (χ1n) is 10.3. The zero-order chi connectivity index (χ0) is 23.8. The van der Waals surface area contributed by atoms with Crippen molar-refractivity contribution in [2.75, 3.05) is 23.3 Å². The lowest BCUT2D eigenvalue weighted by molar-refractivity contribution is -0.0221. The molecule has 1 fully saturated rings. The molecule has 2 heterocycles. The van der Waals surface area contributed by atoms with Crippen molar-refractivity contribution in [1.29, 1.82) is 5.26 Å². The molecule has 10 heteroatoms. The van der Waals surface area contributed by atoms with Crippen LogP contribution in [0.2, 0.25) is 5.02 Å². The van der Waals surface area contributed by atoms with Crippen LogP contribution in [-0.4, -0.2) is 40.1 Å². The minimum atomic E-state index is -2.73. The van der Waals surface area contributed by atoms with Crippen molar-refractivity contribution in [2.24, 2.45) is 0 Å². The molecule has 0 bridgehead atoms. The van der Waals surface area contributed by atoms with Crippen molar-refractivity contribution in [1.82, 2.24) is 9.97 Å². The molecule has 2 N–H and O–H groups in total. The minimum absolute atomic E-state index is 0.0396. The van der Waals surface area contributed by atoms with E-state index >= 15 is 0 Å². The zero-order valence-electron chi connectivity index (χ0n) is 17.6. The third-order valence-corrected chi connectivity index (χ3v) is 5.86. The van der Waals surface area contributed by atoms with E-state index in [0.29, 0.717) is 27.3 Å². The van der Waals surface area contributed by atoms with E-state index < -0.39 is 17.9 Å². The number of nitriles is 1. The molecule has 4 rings (SSSR count). The molecule has 0 radical (unpaired) electrons. The van der Waals surface area contributed by atoms with Crippen LogP contribution in [-0.2, 0) is 0 Å². The monoisotopic (exact) mass is 471 g/mol. The normalized spacial score (nSPS) is 16.3. The Bertz CT molecular complexity index is 1270. The number of hydrogen-bond acceptors (Lipinski definition) is 6. The summed E-state index contributed by atoms with van der Waals surface area (Å²) in [6, 6.07) is 11.4. The van der Waals surface area contributed by atoms with Gasteiger partial charge in [-0.2, -0.15) is 5.26 Å². The number of anilines is 2. The van der Waals surface area contributed by atoms with Gasteiger partial charge in [-0.1, -0.05) is 23.7 Å². The van der Waals surface area contributed by atoms with Gasteiger partial charge < -0.3 is 15.3 Å². The van der Waals surface area contributed by atoms with Crippen LogP contribution in [0.1, 0.15) is 47.4 Å². The summed E-state index contributed by atoms with van der Waals surface area (Å²) in [7, 11) is 0. The highest BCUT2D eigenvalue weighted by molar-refractivity contribution is 6.31. The average Bonchev–Trinajstić information content (AvgIpc) is 2.78. The highest BCUT2D eigenvalue weighted by Crippen LogP contribution is 2.34. The topological polar surface area (TPSA) is 102 Å². The fourth-order valence-corrected chi connectivity index (χ4v) is 4.14. The molecule has 0 aliphatic carbocycles. The molecule has 7 nitrogen and oxygen atoms in total. The summed E-state index contributed by atoms with van der Waals surface area (Å²) in [6.45, 7) is 1.94. The summed E-state index contributed by atoms with van der Waals surface area (Å²) in [5.74, 6) is -3.55. The number of carboxylic acid groups (broad SMARTS) is 1. The van der Waals surface area contributed by atoms with Crippen LogP contribution in [0.25, 0.3) is 11.0 Å². The van der Waals surface area contributed by atoms with Crippen LogP contribution in [0.5, 0.6) is 0 Å². The number of rotatable bonds is 5. The summed E-state index contributed by atoms with van der Waals surface area (Å²) in [5.41, 5.74) is 2.06. The smallest absolute Gasteiger partial charge is 0.337 e. The molecule has 1 saturated heterocycles. The van der Waals surface area contributed by atoms with Crippen molar-refractivity contribution >= 4 is 40.1 Å². The van der Waals surface area contributed by atoms with Crippen LogP contribution in [0.4, 0.5) is 20.3 Å². The second-order valence-corrected chi connectivity index (χ2v) is 8.37. The Morgan fingerprint density at radius 1 is 1.27 bits per heavy atom. The van der Waals surface area contributed by atoms with E-state index in [9.17, 15) is 23.9 Å². The van der Waals surface area contributed by atoms with Crippen molar-refractivity contribution in [3.8, 4) is 6.07 Å². The van der Waals surface area contributed by atoms with Gasteiger partial charge in [0.25, 0.3) is 5.92 Å². The molecule has 2 aromatic carbocycles. The van der Waals surface area contributed by atoms with Gasteiger partial charge in [0.15, 0.2) is 11.5 Å². The lowest BCUT2D eigenvalue weighted by Crippen LogP contribution is -2.40. The first-order valence-corrected chi connectivity index (χ1v) is 10.7. The Labute approximate surface area is 193 Å². The Balaban J connectivity index is 1.77. The molecule has 0 spiro atoms. The first-order chi connectivity index (χ1) is 15.7. The summed E-state index contributed by atoms with van der Waals surface area (Å²) in [6.07, 6.45) is -0.649. The molecule has 1 aromatic heterocycles. The standard InChI is InChI=1S/C23H20ClF2N5O2/c1-13(28-17-5-3-2-4-15(17)22(32)33)16-10-14(24)11-18-20(16)30-21(19(12-27)29-18)31-8-6-23(25,26)7-9-31/h2-5,10-11,13,28H,6-9H2,1H3,(H,32,33)/t13-/m1/s1. The lowest BCUT2D eigenvalue weighted by atomic mass is 10.0. The van der Waals surface area contributed by atoms with E-state index in [2.05, 4.69) is 15.3 Å². The number of aromatic nitrogens is 2. The fraction of sp³-hybridized carbons (Fsp3) is 0.304. The number of aromatic carboxylic acids is 1. The van der Waals surface area contributed by atoms with Gasteiger partial charge in [-0.3, -0.25) is 0 Å². The summed E-state index contributed by atoms with van der Waals surface area (Å²) < 4.78 is 27.3. The summed E-state index contributed by atoms with van der Waals surface area (Å²) in [4.78, 5) is 22.3. The third kappa shape index (κ3) is 4.66. The highest BCUT2D eigenvalue weighted by Gasteiger charge is 2.35. The second kappa shape index (κ2) is 8.79. The van der Waals surface area contributed by atoms with Gasteiger partial charge in [-0.15, -0.1) is 0 Å². The summed E-state index contributed by atoms with van der Waals surface area (Å²) in [5, 5.41) is 22.6. The van der Waals surface area contributed by atoms with Gasteiger partial charge in [0.05, 0.1) is 22.6 Å². The molecule has 33 heavy (non-hydrogen) atoms. The number of nitrogens with one attached hydrogen (secondary N) is 1. The molecule has 1 atom stereocenters. The maximum absolute atomic E-state index is 13.6. The Hall–Kier alpha value is -3.51. The van der Waals surface area contributed by atoms with E-state index in [-0.39, 0.29) is 43.0 Å². The predicted molar refractivity (Wildman–Crippen MR) is 121 cm³/mol. The predicted octanol–water partition coefficient (Wildman–Crippen LogP) is 5.26. The number of alkyl halides is 2. The van der Waals surface area contributed by atoms with Crippen LogP contribution in [0.3, 0.4) is 0 Å². The zero-order valence-corrected chi connectivity index (χ0v) is 18.4.